The quantitative estimate of drug-likeness (QED) is 0.497. The van der Waals surface area contributed by atoms with Crippen molar-refractivity contribution in [1.82, 2.24) is 4.57 Å². The first-order chi connectivity index (χ1) is 17.2. The molecule has 3 aliphatic rings. The fourth-order valence-electron chi connectivity index (χ4n) is 6.59. The molecule has 3 aromatic rings. The molecule has 0 amide bonds. The number of hydrogen-bond donors (Lipinski definition) is 2. The molecule has 1 aliphatic heterocycles. The van der Waals surface area contributed by atoms with Gasteiger partial charge in [-0.1, -0.05) is 6.92 Å². The van der Waals surface area contributed by atoms with Gasteiger partial charge >= 0.3 is 0 Å². The molecule has 0 saturated carbocycles. The molecule has 36 heavy (non-hydrogen) atoms. The molecule has 7 heteroatoms. The SMILES string of the molecule is CC1CCc2cc(F)cc3c2C1C(=O)C(CCc1c(O)c2cc(F)cc4c2n(c1=O)C(C)CC4)=C3O. The van der Waals surface area contributed by atoms with Crippen LogP contribution in [-0.4, -0.2) is 20.6 Å². The van der Waals surface area contributed by atoms with Crippen LogP contribution < -0.4 is 5.56 Å². The molecule has 2 aliphatic carbocycles. The predicted molar refractivity (Wildman–Crippen MR) is 132 cm³/mol. The topological polar surface area (TPSA) is 79.5 Å². The number of ketones is 1. The van der Waals surface area contributed by atoms with E-state index >= 15 is 0 Å². The van der Waals surface area contributed by atoms with Crippen LogP contribution in [0.25, 0.3) is 16.7 Å². The van der Waals surface area contributed by atoms with Gasteiger partial charge in [-0.15, -0.1) is 0 Å². The van der Waals surface area contributed by atoms with E-state index in [1.54, 1.807) is 4.57 Å². The van der Waals surface area contributed by atoms with Gasteiger partial charge < -0.3 is 14.8 Å². The minimum atomic E-state index is -0.484. The lowest BCUT2D eigenvalue weighted by atomic mass is 9.67. The molecule has 2 heterocycles. The zero-order valence-electron chi connectivity index (χ0n) is 20.2. The normalized spacial score (nSPS) is 22.8. The maximum absolute atomic E-state index is 14.4. The van der Waals surface area contributed by atoms with Crippen LogP contribution in [0.5, 0.6) is 5.75 Å². The van der Waals surface area contributed by atoms with Crippen molar-refractivity contribution < 1.29 is 23.8 Å². The average molecular weight is 492 g/mol. The summed E-state index contributed by atoms with van der Waals surface area (Å²) in [7, 11) is 0. The van der Waals surface area contributed by atoms with Gasteiger partial charge in [-0.25, -0.2) is 8.78 Å². The van der Waals surface area contributed by atoms with Crippen LogP contribution in [0.3, 0.4) is 0 Å². The molecule has 3 unspecified atom stereocenters. The minimum Gasteiger partial charge on any atom is -0.507 e. The number of aromatic nitrogens is 1. The van der Waals surface area contributed by atoms with Gasteiger partial charge in [0.2, 0.25) is 0 Å². The monoisotopic (exact) mass is 491 g/mol. The molecule has 0 spiro atoms. The van der Waals surface area contributed by atoms with E-state index in [4.69, 9.17) is 0 Å². The number of carbonyl (C=O) groups excluding carboxylic acids is 1. The summed E-state index contributed by atoms with van der Waals surface area (Å²) in [4.78, 5) is 27.1. The van der Waals surface area contributed by atoms with Crippen LogP contribution >= 0.6 is 0 Å². The molecule has 0 bridgehead atoms. The number of aliphatic hydroxyl groups excluding tert-OH is 1. The number of Topliss-reactive ketones (excluding diaryl/α,β-unsaturated/α-hetero) is 1. The van der Waals surface area contributed by atoms with Crippen molar-refractivity contribution in [2.24, 2.45) is 5.92 Å². The Morgan fingerprint density at radius 2 is 1.64 bits per heavy atom. The van der Waals surface area contributed by atoms with Gasteiger partial charge in [-0.05, 0) is 92.3 Å². The third-order valence-electron chi connectivity index (χ3n) is 8.41. The average Bonchev–Trinajstić information content (AvgIpc) is 2.83. The fourth-order valence-corrected chi connectivity index (χ4v) is 6.59. The van der Waals surface area contributed by atoms with E-state index in [0.29, 0.717) is 41.5 Å². The number of allylic oxidation sites excluding steroid dienone is 1. The molecule has 0 saturated heterocycles. The van der Waals surface area contributed by atoms with Crippen LogP contribution in [-0.2, 0) is 24.1 Å². The number of aliphatic hydroxyl groups is 1. The summed E-state index contributed by atoms with van der Waals surface area (Å²) in [5, 5.41) is 22.4. The van der Waals surface area contributed by atoms with Crippen LogP contribution in [0.2, 0.25) is 0 Å². The Balaban J connectivity index is 1.47. The summed E-state index contributed by atoms with van der Waals surface area (Å²) in [6, 6.07) is 5.22. The fraction of sp³-hybridized carbons (Fsp3) is 0.379. The molecule has 6 rings (SSSR count). The van der Waals surface area contributed by atoms with Crippen LogP contribution in [0.15, 0.2) is 34.6 Å². The summed E-state index contributed by atoms with van der Waals surface area (Å²) >= 11 is 0. The van der Waals surface area contributed by atoms with Gasteiger partial charge in [0.25, 0.3) is 5.56 Å². The largest absolute Gasteiger partial charge is 0.507 e. The number of carbonyl (C=O) groups is 1. The number of aryl methyl sites for hydroxylation is 2. The number of hydrogen-bond acceptors (Lipinski definition) is 4. The molecule has 5 nitrogen and oxygen atoms in total. The van der Waals surface area contributed by atoms with Gasteiger partial charge in [0.1, 0.15) is 23.1 Å². The lowest BCUT2D eigenvalue weighted by molar-refractivity contribution is -0.118. The van der Waals surface area contributed by atoms with Crippen molar-refractivity contribution in [3.63, 3.8) is 0 Å². The molecular weight excluding hydrogens is 464 g/mol. The van der Waals surface area contributed by atoms with Crippen molar-refractivity contribution in [3.8, 4) is 5.75 Å². The van der Waals surface area contributed by atoms with Gasteiger partial charge in [0.15, 0.2) is 5.78 Å². The Kier molecular flexibility index (Phi) is 5.11. The smallest absolute Gasteiger partial charge is 0.258 e. The zero-order chi connectivity index (χ0) is 25.5. The van der Waals surface area contributed by atoms with E-state index in [1.165, 1.54) is 24.3 Å². The maximum atomic E-state index is 14.4. The Morgan fingerprint density at radius 1 is 0.944 bits per heavy atom. The van der Waals surface area contributed by atoms with Crippen LogP contribution in [0.1, 0.15) is 72.9 Å². The van der Waals surface area contributed by atoms with E-state index in [-0.39, 0.29) is 64.2 Å². The third kappa shape index (κ3) is 3.18. The van der Waals surface area contributed by atoms with Crippen molar-refractivity contribution in [2.45, 2.75) is 64.3 Å². The highest BCUT2D eigenvalue weighted by Crippen LogP contribution is 2.47. The Hall–Kier alpha value is -3.48. The first-order valence-electron chi connectivity index (χ1n) is 12.5. The lowest BCUT2D eigenvalue weighted by Gasteiger charge is -2.36. The Labute approximate surface area is 206 Å². The zero-order valence-corrected chi connectivity index (χ0v) is 20.2. The summed E-state index contributed by atoms with van der Waals surface area (Å²) in [6.45, 7) is 3.90. The second kappa shape index (κ2) is 8.02. The van der Waals surface area contributed by atoms with E-state index in [2.05, 4.69) is 0 Å². The lowest BCUT2D eigenvalue weighted by Crippen LogP contribution is -2.33. The molecule has 2 N–H and O–H groups in total. The number of benzene rings is 2. The highest BCUT2D eigenvalue weighted by molar-refractivity contribution is 6.09. The molecular formula is C29H27F2NO4. The number of aromatic hydroxyl groups is 1. The summed E-state index contributed by atoms with van der Waals surface area (Å²) in [6.07, 6.45) is 2.66. The van der Waals surface area contributed by atoms with E-state index < -0.39 is 17.6 Å². The highest BCUT2D eigenvalue weighted by Gasteiger charge is 2.41. The van der Waals surface area contributed by atoms with Crippen molar-refractivity contribution in [1.29, 1.82) is 0 Å². The number of pyridine rings is 1. The molecule has 0 radical (unpaired) electrons. The second-order valence-corrected chi connectivity index (χ2v) is 10.6. The second-order valence-electron chi connectivity index (χ2n) is 10.6. The number of nitrogens with zero attached hydrogens (tertiary/aromatic N) is 1. The Morgan fingerprint density at radius 3 is 2.42 bits per heavy atom. The van der Waals surface area contributed by atoms with Crippen molar-refractivity contribution in [3.05, 3.63) is 79.6 Å². The standard InChI is InChI=1S/C29H27F2NO4/c1-13-3-5-15-9-17(30)11-21-24(15)23(13)28(35)19(26(21)33)7-8-20-27(34)22-12-18(31)10-16-6-4-14(2)32(25(16)22)29(20)36/h9-14,23,33-34H,3-8H2,1-2H3. The number of halogens is 2. The molecule has 186 valence electrons. The summed E-state index contributed by atoms with van der Waals surface area (Å²) < 4.78 is 30.3. The van der Waals surface area contributed by atoms with Gasteiger partial charge in [-0.3, -0.25) is 9.59 Å². The predicted octanol–water partition coefficient (Wildman–Crippen LogP) is 5.64. The van der Waals surface area contributed by atoms with Gasteiger partial charge in [0.05, 0.1) is 17.0 Å². The van der Waals surface area contributed by atoms with E-state index in [1.807, 2.05) is 13.8 Å². The Bertz CT molecular complexity index is 1570. The first kappa shape index (κ1) is 23.0. The molecule has 2 aromatic carbocycles. The van der Waals surface area contributed by atoms with E-state index in [0.717, 1.165) is 12.0 Å². The van der Waals surface area contributed by atoms with Gasteiger partial charge in [0, 0.05) is 22.6 Å². The third-order valence-corrected chi connectivity index (χ3v) is 8.41. The molecule has 3 atom stereocenters. The summed E-state index contributed by atoms with van der Waals surface area (Å²) in [5.74, 6) is -2.16. The van der Waals surface area contributed by atoms with Crippen LogP contribution in [0, 0.1) is 17.6 Å². The van der Waals surface area contributed by atoms with Crippen molar-refractivity contribution in [2.75, 3.05) is 0 Å². The minimum absolute atomic E-state index is 0.00400. The number of rotatable bonds is 3. The first-order valence-corrected chi connectivity index (χ1v) is 12.5. The highest BCUT2D eigenvalue weighted by atomic mass is 19.1. The van der Waals surface area contributed by atoms with Crippen LogP contribution in [0.4, 0.5) is 8.78 Å². The molecule has 1 aromatic heterocycles. The van der Waals surface area contributed by atoms with E-state index in [9.17, 15) is 28.6 Å². The molecule has 0 fully saturated rings. The van der Waals surface area contributed by atoms with Crippen molar-refractivity contribution >= 4 is 22.4 Å². The summed E-state index contributed by atoms with van der Waals surface area (Å²) in [5.41, 5.74) is 2.89. The van der Waals surface area contributed by atoms with Gasteiger partial charge in [-0.2, -0.15) is 0 Å². The maximum Gasteiger partial charge on any atom is 0.258 e.